The van der Waals surface area contributed by atoms with E-state index in [-0.39, 0.29) is 17.4 Å². The highest BCUT2D eigenvalue weighted by Gasteiger charge is 2.47. The highest BCUT2D eigenvalue weighted by Crippen LogP contribution is 2.43. The molecular formula is C21H24N8O. The fourth-order valence-electron chi connectivity index (χ4n) is 4.41. The van der Waals surface area contributed by atoms with Gasteiger partial charge in [-0.05, 0) is 31.9 Å². The Morgan fingerprint density at radius 1 is 1.30 bits per heavy atom. The smallest absolute Gasteiger partial charge is 0.228 e. The number of aryl methyl sites for hydroxylation is 1. The minimum absolute atomic E-state index is 0.172. The van der Waals surface area contributed by atoms with Crippen LogP contribution in [0.3, 0.4) is 0 Å². The average molecular weight is 404 g/mol. The van der Waals surface area contributed by atoms with Crippen molar-refractivity contribution in [1.29, 1.82) is 0 Å². The third-order valence-electron chi connectivity index (χ3n) is 5.97. The molecule has 0 aliphatic heterocycles. The van der Waals surface area contributed by atoms with Gasteiger partial charge < -0.3 is 15.2 Å². The lowest BCUT2D eigenvalue weighted by molar-refractivity contribution is -0.143. The number of aromatic nitrogens is 6. The van der Waals surface area contributed by atoms with E-state index in [1.54, 1.807) is 19.0 Å². The normalized spacial score (nSPS) is 21.0. The minimum Gasteiger partial charge on any atom is -0.351 e. The van der Waals surface area contributed by atoms with Crippen LogP contribution in [0.5, 0.6) is 0 Å². The zero-order valence-corrected chi connectivity index (χ0v) is 17.5. The lowest BCUT2D eigenvalue weighted by atomic mass is 9.66. The Labute approximate surface area is 173 Å². The summed E-state index contributed by atoms with van der Waals surface area (Å²) in [5.41, 5.74) is 3.36. The Bertz CT molecular complexity index is 1260. The standard InChI is InChI=1S/C21H24N8O/c1-12-26-27-17-6-5-13(11-29(12)17)15-9-22-18-16(15)10-23-20(25-18)24-14-7-21(2,8-14)19(30)28(3)4/h5-6,9-11,14H,7-8H2,1-4H3,(H2,22,23,24,25)/t14-,21-. The number of rotatable bonds is 4. The molecule has 1 aliphatic rings. The first-order valence-electron chi connectivity index (χ1n) is 9.98. The molecule has 5 rings (SSSR count). The topological polar surface area (TPSA) is 104 Å². The Morgan fingerprint density at radius 2 is 2.10 bits per heavy atom. The Balaban J connectivity index is 1.37. The second kappa shape index (κ2) is 6.51. The van der Waals surface area contributed by atoms with Gasteiger partial charge in [-0.15, -0.1) is 10.2 Å². The van der Waals surface area contributed by atoms with Gasteiger partial charge in [0.25, 0.3) is 0 Å². The fourth-order valence-corrected chi connectivity index (χ4v) is 4.41. The summed E-state index contributed by atoms with van der Waals surface area (Å²) in [6.07, 6.45) is 7.36. The maximum atomic E-state index is 12.3. The number of aromatic amines is 1. The molecule has 30 heavy (non-hydrogen) atoms. The number of carbonyl (C=O) groups excluding carboxylic acids is 1. The lowest BCUT2D eigenvalue weighted by Crippen LogP contribution is -2.52. The molecule has 2 N–H and O–H groups in total. The van der Waals surface area contributed by atoms with Gasteiger partial charge >= 0.3 is 0 Å². The summed E-state index contributed by atoms with van der Waals surface area (Å²) in [6.45, 7) is 3.95. The van der Waals surface area contributed by atoms with Crippen LogP contribution in [0.25, 0.3) is 27.8 Å². The van der Waals surface area contributed by atoms with Crippen LogP contribution in [0.1, 0.15) is 25.6 Å². The van der Waals surface area contributed by atoms with Crippen molar-refractivity contribution in [3.63, 3.8) is 0 Å². The molecule has 9 heteroatoms. The molecule has 0 radical (unpaired) electrons. The third kappa shape index (κ3) is 2.89. The summed E-state index contributed by atoms with van der Waals surface area (Å²) >= 11 is 0. The average Bonchev–Trinajstić information content (AvgIpc) is 3.29. The van der Waals surface area contributed by atoms with Crippen molar-refractivity contribution in [3.05, 3.63) is 36.5 Å². The molecule has 1 aliphatic carbocycles. The number of nitrogens with zero attached hydrogens (tertiary/aromatic N) is 6. The molecule has 1 fully saturated rings. The number of nitrogens with one attached hydrogen (secondary N) is 2. The van der Waals surface area contributed by atoms with Crippen molar-refractivity contribution in [2.24, 2.45) is 5.41 Å². The molecule has 4 aromatic heterocycles. The number of carbonyl (C=O) groups is 1. The van der Waals surface area contributed by atoms with Gasteiger partial charge in [0.1, 0.15) is 11.5 Å². The second-order valence-electron chi connectivity index (χ2n) is 8.56. The molecule has 0 saturated heterocycles. The fraction of sp³-hybridized carbons (Fsp3) is 0.381. The van der Waals surface area contributed by atoms with Gasteiger partial charge in [-0.25, -0.2) is 4.98 Å². The molecular weight excluding hydrogens is 380 g/mol. The first-order chi connectivity index (χ1) is 14.3. The van der Waals surface area contributed by atoms with Crippen LogP contribution in [0.4, 0.5) is 5.95 Å². The Hall–Kier alpha value is -3.49. The molecule has 1 saturated carbocycles. The highest BCUT2D eigenvalue weighted by atomic mass is 16.2. The summed E-state index contributed by atoms with van der Waals surface area (Å²) < 4.78 is 1.97. The molecule has 9 nitrogen and oxygen atoms in total. The van der Waals surface area contributed by atoms with E-state index in [4.69, 9.17) is 0 Å². The Morgan fingerprint density at radius 3 is 2.87 bits per heavy atom. The van der Waals surface area contributed by atoms with E-state index in [0.717, 1.165) is 46.5 Å². The molecule has 1 amide bonds. The van der Waals surface area contributed by atoms with Gasteiger partial charge in [0, 0.05) is 55.2 Å². The SMILES string of the molecule is Cc1nnc2ccc(-c3c[nH]c4nc(N[C@H]5C[C@](C)(C(=O)N(C)C)C5)ncc34)cn12. The van der Waals surface area contributed by atoms with Crippen LogP contribution < -0.4 is 5.32 Å². The molecule has 4 aromatic rings. The van der Waals surface area contributed by atoms with E-state index in [1.165, 1.54) is 0 Å². The van der Waals surface area contributed by atoms with E-state index in [9.17, 15) is 4.79 Å². The quantitative estimate of drug-likeness (QED) is 0.542. The van der Waals surface area contributed by atoms with Crippen LogP contribution in [0.2, 0.25) is 0 Å². The molecule has 0 bridgehead atoms. The number of pyridine rings is 1. The first kappa shape index (κ1) is 18.5. The van der Waals surface area contributed by atoms with E-state index >= 15 is 0 Å². The number of anilines is 1. The van der Waals surface area contributed by atoms with Crippen LogP contribution in [0.15, 0.2) is 30.7 Å². The molecule has 0 spiro atoms. The zero-order chi connectivity index (χ0) is 21.0. The van der Waals surface area contributed by atoms with Gasteiger partial charge in [0.15, 0.2) is 5.65 Å². The minimum atomic E-state index is -0.302. The van der Waals surface area contributed by atoms with Crippen LogP contribution in [-0.2, 0) is 4.79 Å². The summed E-state index contributed by atoms with van der Waals surface area (Å²) in [5.74, 6) is 1.59. The van der Waals surface area contributed by atoms with E-state index in [1.807, 2.05) is 49.0 Å². The summed E-state index contributed by atoms with van der Waals surface area (Å²) in [7, 11) is 3.60. The summed E-state index contributed by atoms with van der Waals surface area (Å²) in [6, 6.07) is 4.17. The van der Waals surface area contributed by atoms with E-state index in [0.29, 0.717) is 5.95 Å². The number of H-pyrrole nitrogens is 1. The third-order valence-corrected chi connectivity index (χ3v) is 5.97. The van der Waals surface area contributed by atoms with Crippen molar-refractivity contribution in [2.45, 2.75) is 32.7 Å². The van der Waals surface area contributed by atoms with Crippen molar-refractivity contribution in [2.75, 3.05) is 19.4 Å². The number of hydrogen-bond donors (Lipinski definition) is 2. The summed E-state index contributed by atoms with van der Waals surface area (Å²) in [5, 5.41) is 12.6. The molecule has 0 aromatic carbocycles. The molecule has 4 heterocycles. The van der Waals surface area contributed by atoms with Gasteiger partial charge in [-0.2, -0.15) is 4.98 Å². The van der Waals surface area contributed by atoms with Crippen LogP contribution in [-0.4, -0.2) is 60.5 Å². The predicted molar refractivity (Wildman–Crippen MR) is 114 cm³/mol. The van der Waals surface area contributed by atoms with Gasteiger partial charge in [0.2, 0.25) is 11.9 Å². The number of fused-ring (bicyclic) bond motifs is 2. The first-order valence-corrected chi connectivity index (χ1v) is 9.98. The Kier molecular flexibility index (Phi) is 4.02. The second-order valence-corrected chi connectivity index (χ2v) is 8.56. The number of hydrogen-bond acceptors (Lipinski definition) is 6. The summed E-state index contributed by atoms with van der Waals surface area (Å²) in [4.78, 5) is 26.4. The highest BCUT2D eigenvalue weighted by molar-refractivity contribution is 5.93. The van der Waals surface area contributed by atoms with Crippen molar-refractivity contribution >= 4 is 28.5 Å². The molecule has 0 unspecified atom stereocenters. The largest absolute Gasteiger partial charge is 0.351 e. The van der Waals surface area contributed by atoms with Crippen LogP contribution >= 0.6 is 0 Å². The maximum absolute atomic E-state index is 12.3. The van der Waals surface area contributed by atoms with Gasteiger partial charge in [-0.1, -0.05) is 6.92 Å². The molecule has 0 atom stereocenters. The van der Waals surface area contributed by atoms with E-state index in [2.05, 4.69) is 30.5 Å². The van der Waals surface area contributed by atoms with Crippen molar-refractivity contribution in [3.8, 4) is 11.1 Å². The van der Waals surface area contributed by atoms with Crippen LogP contribution in [0, 0.1) is 12.3 Å². The van der Waals surface area contributed by atoms with Gasteiger partial charge in [-0.3, -0.25) is 9.20 Å². The lowest BCUT2D eigenvalue weighted by Gasteiger charge is -2.45. The van der Waals surface area contributed by atoms with E-state index < -0.39 is 0 Å². The van der Waals surface area contributed by atoms with Crippen molar-refractivity contribution in [1.82, 2.24) is 34.4 Å². The van der Waals surface area contributed by atoms with Gasteiger partial charge in [0.05, 0.1) is 5.41 Å². The van der Waals surface area contributed by atoms with Crippen molar-refractivity contribution < 1.29 is 4.79 Å². The monoisotopic (exact) mass is 404 g/mol. The maximum Gasteiger partial charge on any atom is 0.228 e. The zero-order valence-electron chi connectivity index (χ0n) is 17.5. The molecule has 154 valence electrons. The number of amides is 1. The predicted octanol–water partition coefficient (Wildman–Crippen LogP) is 2.64.